The Morgan fingerprint density at radius 2 is 2.43 bits per heavy atom. The molecule has 3 N–H and O–H groups in total. The number of aromatic amines is 1. The van der Waals surface area contributed by atoms with E-state index in [4.69, 9.17) is 5.73 Å². The Morgan fingerprint density at radius 3 is 3.36 bits per heavy atom. The predicted molar refractivity (Wildman–Crippen MR) is 56.1 cm³/mol. The minimum atomic E-state index is 0.298. The van der Waals surface area contributed by atoms with Gasteiger partial charge >= 0.3 is 0 Å². The second kappa shape index (κ2) is 2.82. The Kier molecular flexibility index (Phi) is 1.61. The van der Waals surface area contributed by atoms with Gasteiger partial charge in [0.05, 0.1) is 11.0 Å². The third kappa shape index (κ3) is 1.13. The van der Waals surface area contributed by atoms with Crippen LogP contribution in [0.3, 0.4) is 0 Å². The number of pyridine rings is 1. The summed E-state index contributed by atoms with van der Waals surface area (Å²) in [6, 6.07) is 4.52. The van der Waals surface area contributed by atoms with Crippen LogP contribution >= 0.6 is 0 Å². The van der Waals surface area contributed by atoms with E-state index in [1.165, 1.54) is 11.3 Å². The van der Waals surface area contributed by atoms with Gasteiger partial charge < -0.3 is 10.7 Å². The van der Waals surface area contributed by atoms with Gasteiger partial charge in [-0.3, -0.25) is 4.98 Å². The molecule has 1 aliphatic carbocycles. The van der Waals surface area contributed by atoms with Crippen molar-refractivity contribution in [1.82, 2.24) is 9.97 Å². The third-order valence-electron chi connectivity index (χ3n) is 2.94. The van der Waals surface area contributed by atoms with Crippen LogP contribution in [0.2, 0.25) is 0 Å². The van der Waals surface area contributed by atoms with E-state index >= 15 is 0 Å². The second-order valence-corrected chi connectivity index (χ2v) is 4.01. The topological polar surface area (TPSA) is 54.7 Å². The summed E-state index contributed by atoms with van der Waals surface area (Å²) in [6.45, 7) is 0. The van der Waals surface area contributed by atoms with Gasteiger partial charge in [0.1, 0.15) is 0 Å². The number of nitrogens with two attached hydrogens (primary N) is 1. The van der Waals surface area contributed by atoms with Crippen molar-refractivity contribution in [3.8, 4) is 0 Å². The molecule has 1 aliphatic rings. The number of aromatic nitrogens is 2. The van der Waals surface area contributed by atoms with E-state index in [-0.39, 0.29) is 0 Å². The van der Waals surface area contributed by atoms with Gasteiger partial charge in [-0.1, -0.05) is 0 Å². The van der Waals surface area contributed by atoms with Crippen LogP contribution in [-0.2, 0) is 12.8 Å². The Hall–Kier alpha value is -1.35. The van der Waals surface area contributed by atoms with Gasteiger partial charge in [0.25, 0.3) is 0 Å². The molecular weight excluding hydrogens is 174 g/mol. The maximum absolute atomic E-state index is 5.92. The maximum atomic E-state index is 5.92. The molecule has 0 bridgehead atoms. The lowest BCUT2D eigenvalue weighted by atomic mass is 9.92. The molecule has 0 spiro atoms. The Labute approximate surface area is 82.3 Å². The number of rotatable bonds is 0. The summed E-state index contributed by atoms with van der Waals surface area (Å²) in [6.07, 6.45) is 5.01. The van der Waals surface area contributed by atoms with E-state index < -0.39 is 0 Å². The Balaban J connectivity index is 2.19. The SMILES string of the molecule is NC1CCc2cc3[nH]ccc3nc2C1. The van der Waals surface area contributed by atoms with Crippen LogP contribution in [0.15, 0.2) is 18.3 Å². The van der Waals surface area contributed by atoms with Crippen molar-refractivity contribution in [3.63, 3.8) is 0 Å². The summed E-state index contributed by atoms with van der Waals surface area (Å²) >= 11 is 0. The van der Waals surface area contributed by atoms with Crippen molar-refractivity contribution >= 4 is 11.0 Å². The van der Waals surface area contributed by atoms with Crippen molar-refractivity contribution < 1.29 is 0 Å². The van der Waals surface area contributed by atoms with E-state index in [2.05, 4.69) is 16.0 Å². The van der Waals surface area contributed by atoms with Crippen LogP contribution in [0, 0.1) is 0 Å². The van der Waals surface area contributed by atoms with Gasteiger partial charge in [0, 0.05) is 24.4 Å². The van der Waals surface area contributed by atoms with Gasteiger partial charge in [-0.15, -0.1) is 0 Å². The van der Waals surface area contributed by atoms with E-state index in [0.29, 0.717) is 6.04 Å². The van der Waals surface area contributed by atoms with Crippen molar-refractivity contribution in [2.75, 3.05) is 0 Å². The first-order chi connectivity index (χ1) is 6.83. The maximum Gasteiger partial charge on any atom is 0.0882 e. The van der Waals surface area contributed by atoms with Crippen LogP contribution < -0.4 is 5.73 Å². The summed E-state index contributed by atoms with van der Waals surface area (Å²) in [5.41, 5.74) is 10.7. The van der Waals surface area contributed by atoms with Crippen LogP contribution in [0.5, 0.6) is 0 Å². The molecule has 72 valence electrons. The zero-order valence-corrected chi connectivity index (χ0v) is 7.96. The highest BCUT2D eigenvalue weighted by Crippen LogP contribution is 2.22. The molecule has 0 aromatic carbocycles. The lowest BCUT2D eigenvalue weighted by Gasteiger charge is -2.20. The van der Waals surface area contributed by atoms with Crippen molar-refractivity contribution in [2.45, 2.75) is 25.3 Å². The van der Waals surface area contributed by atoms with Crippen LogP contribution in [0.1, 0.15) is 17.7 Å². The third-order valence-corrected chi connectivity index (χ3v) is 2.94. The van der Waals surface area contributed by atoms with E-state index in [0.717, 1.165) is 30.3 Å². The van der Waals surface area contributed by atoms with E-state index in [1.54, 1.807) is 0 Å². The lowest BCUT2D eigenvalue weighted by Crippen LogP contribution is -2.28. The molecule has 3 heteroatoms. The molecule has 0 fully saturated rings. The number of fused-ring (bicyclic) bond motifs is 2. The smallest absolute Gasteiger partial charge is 0.0882 e. The van der Waals surface area contributed by atoms with Gasteiger partial charge in [0.15, 0.2) is 0 Å². The molecule has 2 aromatic heterocycles. The van der Waals surface area contributed by atoms with Crippen LogP contribution in [-0.4, -0.2) is 16.0 Å². The van der Waals surface area contributed by atoms with Crippen LogP contribution in [0.25, 0.3) is 11.0 Å². The average Bonchev–Trinajstić information content (AvgIpc) is 2.61. The Morgan fingerprint density at radius 1 is 1.50 bits per heavy atom. The standard InChI is InChI=1S/C11H13N3/c12-8-2-1-7-5-11-9(3-4-13-11)14-10(7)6-8/h3-5,8,13H,1-2,6,12H2. The molecule has 1 unspecified atom stereocenters. The fraction of sp³-hybridized carbons (Fsp3) is 0.364. The number of nitrogens with zero attached hydrogens (tertiary/aromatic N) is 1. The van der Waals surface area contributed by atoms with E-state index in [9.17, 15) is 0 Å². The minimum absolute atomic E-state index is 0.298. The van der Waals surface area contributed by atoms with Crippen molar-refractivity contribution in [3.05, 3.63) is 29.6 Å². The molecule has 3 rings (SSSR count). The molecule has 3 nitrogen and oxygen atoms in total. The van der Waals surface area contributed by atoms with Crippen molar-refractivity contribution in [2.24, 2.45) is 5.73 Å². The first kappa shape index (κ1) is 8.00. The molecular formula is C11H13N3. The zero-order valence-electron chi connectivity index (χ0n) is 7.96. The van der Waals surface area contributed by atoms with Crippen molar-refractivity contribution in [1.29, 1.82) is 0 Å². The fourth-order valence-corrected chi connectivity index (χ4v) is 2.15. The number of nitrogens with one attached hydrogen (secondary N) is 1. The largest absolute Gasteiger partial charge is 0.360 e. The lowest BCUT2D eigenvalue weighted by molar-refractivity contribution is 0.567. The number of H-pyrrole nitrogens is 1. The van der Waals surface area contributed by atoms with Gasteiger partial charge in [-0.05, 0) is 30.5 Å². The molecule has 0 amide bonds. The molecule has 0 saturated carbocycles. The van der Waals surface area contributed by atoms with E-state index in [1.807, 2.05) is 12.3 Å². The second-order valence-electron chi connectivity index (χ2n) is 4.01. The minimum Gasteiger partial charge on any atom is -0.360 e. The van der Waals surface area contributed by atoms with Gasteiger partial charge in [-0.2, -0.15) is 0 Å². The first-order valence-electron chi connectivity index (χ1n) is 5.04. The summed E-state index contributed by atoms with van der Waals surface area (Å²) in [5, 5.41) is 0. The van der Waals surface area contributed by atoms with Crippen LogP contribution in [0.4, 0.5) is 0 Å². The first-order valence-corrected chi connectivity index (χ1v) is 5.04. The number of hydrogen-bond donors (Lipinski definition) is 2. The molecule has 1 atom stereocenters. The molecule has 0 radical (unpaired) electrons. The molecule has 0 aliphatic heterocycles. The number of aryl methyl sites for hydroxylation is 1. The molecule has 2 heterocycles. The Bertz CT molecular complexity index is 472. The molecule has 2 aromatic rings. The highest BCUT2D eigenvalue weighted by molar-refractivity contribution is 5.76. The monoisotopic (exact) mass is 187 g/mol. The summed E-state index contributed by atoms with van der Waals surface area (Å²) < 4.78 is 0. The highest BCUT2D eigenvalue weighted by Gasteiger charge is 2.17. The molecule has 14 heavy (non-hydrogen) atoms. The quantitative estimate of drug-likeness (QED) is 0.654. The normalized spacial score (nSPS) is 21.1. The fourth-order valence-electron chi connectivity index (χ4n) is 2.15. The highest BCUT2D eigenvalue weighted by atomic mass is 14.8. The summed E-state index contributed by atoms with van der Waals surface area (Å²) in [4.78, 5) is 7.80. The molecule has 0 saturated heterocycles. The zero-order chi connectivity index (χ0) is 9.54. The van der Waals surface area contributed by atoms with Gasteiger partial charge in [-0.25, -0.2) is 0 Å². The average molecular weight is 187 g/mol. The summed E-state index contributed by atoms with van der Waals surface area (Å²) in [7, 11) is 0. The van der Waals surface area contributed by atoms with Gasteiger partial charge in [0.2, 0.25) is 0 Å². The predicted octanol–water partition coefficient (Wildman–Crippen LogP) is 1.38. The summed E-state index contributed by atoms with van der Waals surface area (Å²) in [5.74, 6) is 0. The number of hydrogen-bond acceptors (Lipinski definition) is 2.